The highest BCUT2D eigenvalue weighted by Gasteiger charge is 2.38. The molecule has 1 saturated heterocycles. The molecule has 1 aliphatic heterocycles. The predicted molar refractivity (Wildman–Crippen MR) is 116 cm³/mol. The summed E-state index contributed by atoms with van der Waals surface area (Å²) in [6.45, 7) is 0.0154. The molecule has 0 bridgehead atoms. The standard InChI is InChI=1S/C23H25F3N2O4S/c24-18-9-7-16(12-20(18)26)27-23(30)15-6-8-19(25)22(11-15)33(31,32)28-10-2-5-17(21(29)13-28)14-3-1-4-14/h6-9,11-12,14,17,21,29H,1-5,10,13H2,(H,27,30). The molecular formula is C23H25F3N2O4S. The minimum atomic E-state index is -4.32. The van der Waals surface area contributed by atoms with Gasteiger partial charge in [-0.05, 0) is 55.0 Å². The first kappa shape index (κ1) is 23.7. The molecule has 2 aliphatic rings. The molecule has 0 radical (unpaired) electrons. The van der Waals surface area contributed by atoms with E-state index in [1.165, 1.54) is 0 Å². The van der Waals surface area contributed by atoms with Crippen LogP contribution in [0, 0.1) is 29.3 Å². The predicted octanol–water partition coefficient (Wildman–Crippen LogP) is 3.92. The second kappa shape index (κ2) is 9.44. The van der Waals surface area contributed by atoms with Gasteiger partial charge in [-0.25, -0.2) is 21.6 Å². The van der Waals surface area contributed by atoms with Gasteiger partial charge in [0.1, 0.15) is 10.7 Å². The molecule has 2 atom stereocenters. The van der Waals surface area contributed by atoms with Crippen molar-refractivity contribution in [3.8, 4) is 0 Å². The second-order valence-corrected chi connectivity index (χ2v) is 10.6. The molecule has 6 nitrogen and oxygen atoms in total. The van der Waals surface area contributed by atoms with Crippen LogP contribution < -0.4 is 5.32 Å². The van der Waals surface area contributed by atoms with Crippen molar-refractivity contribution in [2.75, 3.05) is 18.4 Å². The molecule has 2 fully saturated rings. The number of nitrogens with zero attached hydrogens (tertiary/aromatic N) is 1. The van der Waals surface area contributed by atoms with Crippen LogP contribution in [-0.4, -0.2) is 42.9 Å². The van der Waals surface area contributed by atoms with Gasteiger partial charge in [0.2, 0.25) is 10.0 Å². The van der Waals surface area contributed by atoms with Gasteiger partial charge >= 0.3 is 0 Å². The van der Waals surface area contributed by atoms with Gasteiger partial charge in [-0.1, -0.05) is 19.3 Å². The number of carbonyl (C=O) groups excluding carboxylic acids is 1. The molecule has 2 aromatic carbocycles. The average Bonchev–Trinajstić information content (AvgIpc) is 2.92. The van der Waals surface area contributed by atoms with Crippen molar-refractivity contribution in [3.63, 3.8) is 0 Å². The maximum absolute atomic E-state index is 14.6. The maximum atomic E-state index is 14.6. The molecule has 2 unspecified atom stereocenters. The molecule has 2 N–H and O–H groups in total. The summed E-state index contributed by atoms with van der Waals surface area (Å²) in [4.78, 5) is 11.9. The van der Waals surface area contributed by atoms with Gasteiger partial charge in [0.25, 0.3) is 5.91 Å². The Balaban J connectivity index is 1.55. The molecule has 1 heterocycles. The Hall–Kier alpha value is -2.43. The molecule has 1 aliphatic carbocycles. The van der Waals surface area contributed by atoms with E-state index in [1.54, 1.807) is 0 Å². The summed E-state index contributed by atoms with van der Waals surface area (Å²) in [7, 11) is -4.32. The van der Waals surface area contributed by atoms with Gasteiger partial charge in [-0.2, -0.15) is 4.31 Å². The van der Waals surface area contributed by atoms with Gasteiger partial charge in [0.15, 0.2) is 11.6 Å². The number of carbonyl (C=O) groups is 1. The number of amides is 1. The summed E-state index contributed by atoms with van der Waals surface area (Å²) in [6, 6.07) is 5.67. The van der Waals surface area contributed by atoms with Crippen molar-refractivity contribution >= 4 is 21.6 Å². The summed E-state index contributed by atoms with van der Waals surface area (Å²) in [5.74, 6) is -3.65. The lowest BCUT2D eigenvalue weighted by Gasteiger charge is -2.36. The lowest BCUT2D eigenvalue weighted by Crippen LogP contribution is -2.41. The molecule has 178 valence electrons. The average molecular weight is 483 g/mol. The first-order valence-corrected chi connectivity index (χ1v) is 12.3. The third-order valence-corrected chi connectivity index (χ3v) is 8.45. The zero-order chi connectivity index (χ0) is 23.8. The first-order valence-electron chi connectivity index (χ1n) is 10.9. The maximum Gasteiger partial charge on any atom is 0.255 e. The number of hydrogen-bond acceptors (Lipinski definition) is 4. The van der Waals surface area contributed by atoms with Gasteiger partial charge in [-0.15, -0.1) is 0 Å². The van der Waals surface area contributed by atoms with E-state index in [-0.39, 0.29) is 30.3 Å². The van der Waals surface area contributed by atoms with Crippen LogP contribution >= 0.6 is 0 Å². The van der Waals surface area contributed by atoms with Crippen molar-refractivity contribution in [3.05, 3.63) is 59.4 Å². The number of nitrogens with one attached hydrogen (secondary N) is 1. The van der Waals surface area contributed by atoms with Gasteiger partial charge in [-0.3, -0.25) is 4.79 Å². The van der Waals surface area contributed by atoms with E-state index in [1.807, 2.05) is 0 Å². The highest BCUT2D eigenvalue weighted by atomic mass is 32.2. The minimum Gasteiger partial charge on any atom is -0.391 e. The Labute approximate surface area is 190 Å². The SMILES string of the molecule is O=C(Nc1ccc(F)c(F)c1)c1ccc(F)c(S(=O)(=O)N2CCCC(C3CCC3)C(O)C2)c1. The van der Waals surface area contributed by atoms with E-state index in [0.717, 1.165) is 60.0 Å². The zero-order valence-electron chi connectivity index (χ0n) is 17.8. The Kier molecular flexibility index (Phi) is 6.78. The molecule has 0 aromatic heterocycles. The monoisotopic (exact) mass is 482 g/mol. The molecule has 1 saturated carbocycles. The molecule has 10 heteroatoms. The fourth-order valence-corrected chi connectivity index (χ4v) is 6.11. The van der Waals surface area contributed by atoms with Crippen LogP contribution in [0.2, 0.25) is 0 Å². The van der Waals surface area contributed by atoms with Crippen molar-refractivity contribution < 1.29 is 31.5 Å². The number of aliphatic hydroxyl groups is 1. The largest absolute Gasteiger partial charge is 0.391 e. The number of β-amino-alcohol motifs (C(OH)–C–C–N with tert-alkyl or cyclic N) is 1. The van der Waals surface area contributed by atoms with Crippen LogP contribution in [0.5, 0.6) is 0 Å². The normalized spacial score (nSPS) is 22.4. The van der Waals surface area contributed by atoms with Crippen molar-refractivity contribution in [2.45, 2.75) is 43.1 Å². The van der Waals surface area contributed by atoms with Crippen LogP contribution in [0.25, 0.3) is 0 Å². The fraction of sp³-hybridized carbons (Fsp3) is 0.435. The summed E-state index contributed by atoms with van der Waals surface area (Å²) < 4.78 is 68.6. The smallest absolute Gasteiger partial charge is 0.255 e. The number of anilines is 1. The van der Waals surface area contributed by atoms with E-state index in [2.05, 4.69) is 5.32 Å². The van der Waals surface area contributed by atoms with Gasteiger partial charge in [0, 0.05) is 30.4 Å². The number of aliphatic hydroxyl groups excluding tert-OH is 1. The third-order valence-electron chi connectivity index (χ3n) is 6.57. The highest BCUT2D eigenvalue weighted by Crippen LogP contribution is 2.39. The Morgan fingerprint density at radius 1 is 0.970 bits per heavy atom. The molecular weight excluding hydrogens is 457 g/mol. The fourth-order valence-electron chi connectivity index (χ4n) is 4.53. The Bertz CT molecular complexity index is 1150. The molecule has 33 heavy (non-hydrogen) atoms. The summed E-state index contributed by atoms with van der Waals surface area (Å²) in [6.07, 6.45) is 3.58. The number of halogens is 3. The van der Waals surface area contributed by atoms with E-state index >= 15 is 0 Å². The van der Waals surface area contributed by atoms with Crippen molar-refractivity contribution in [2.24, 2.45) is 11.8 Å². The van der Waals surface area contributed by atoms with Crippen LogP contribution in [0.4, 0.5) is 18.9 Å². The second-order valence-electron chi connectivity index (χ2n) is 8.66. The molecule has 1 amide bonds. The van der Waals surface area contributed by atoms with Crippen molar-refractivity contribution in [1.82, 2.24) is 4.31 Å². The summed E-state index contributed by atoms with van der Waals surface area (Å²) >= 11 is 0. The van der Waals surface area contributed by atoms with E-state index in [0.29, 0.717) is 18.8 Å². The van der Waals surface area contributed by atoms with Gasteiger partial charge in [0.05, 0.1) is 6.10 Å². The van der Waals surface area contributed by atoms with E-state index < -0.39 is 44.4 Å². The lowest BCUT2D eigenvalue weighted by atomic mass is 9.72. The summed E-state index contributed by atoms with van der Waals surface area (Å²) in [5.41, 5.74) is -0.201. The van der Waals surface area contributed by atoms with Crippen LogP contribution in [0.1, 0.15) is 42.5 Å². The van der Waals surface area contributed by atoms with Crippen molar-refractivity contribution in [1.29, 1.82) is 0 Å². The molecule has 0 spiro atoms. The zero-order valence-corrected chi connectivity index (χ0v) is 18.6. The molecule has 2 aromatic rings. The number of rotatable bonds is 5. The topological polar surface area (TPSA) is 86.7 Å². The highest BCUT2D eigenvalue weighted by molar-refractivity contribution is 7.89. The van der Waals surface area contributed by atoms with Crippen LogP contribution in [0.3, 0.4) is 0 Å². The number of hydrogen-bond donors (Lipinski definition) is 2. The quantitative estimate of drug-likeness (QED) is 0.677. The summed E-state index contributed by atoms with van der Waals surface area (Å²) in [5, 5.41) is 13.0. The number of benzene rings is 2. The van der Waals surface area contributed by atoms with E-state index in [4.69, 9.17) is 0 Å². The van der Waals surface area contributed by atoms with E-state index in [9.17, 15) is 31.5 Å². The Morgan fingerprint density at radius 2 is 1.70 bits per heavy atom. The van der Waals surface area contributed by atoms with Crippen LogP contribution in [-0.2, 0) is 10.0 Å². The minimum absolute atomic E-state index is 0.0250. The molecule has 4 rings (SSSR count). The number of sulfonamides is 1. The van der Waals surface area contributed by atoms with Gasteiger partial charge < -0.3 is 10.4 Å². The lowest BCUT2D eigenvalue weighted by molar-refractivity contribution is 0.0385. The Morgan fingerprint density at radius 3 is 2.36 bits per heavy atom. The first-order chi connectivity index (χ1) is 15.7. The van der Waals surface area contributed by atoms with Crippen LogP contribution in [0.15, 0.2) is 41.3 Å². The third kappa shape index (κ3) is 4.92.